The number of nitrogens with zero attached hydrogens (tertiary/aromatic N) is 1. The first kappa shape index (κ1) is 24.6. The fourth-order valence-electron chi connectivity index (χ4n) is 3.63. The monoisotopic (exact) mass is 500 g/mol. The van der Waals surface area contributed by atoms with Crippen LogP contribution < -0.4 is 10.2 Å². The zero-order valence-electron chi connectivity index (χ0n) is 19.2. The van der Waals surface area contributed by atoms with Crippen LogP contribution in [0.4, 0.5) is 17.1 Å². The van der Waals surface area contributed by atoms with Crippen molar-refractivity contribution in [2.75, 3.05) is 10.2 Å². The minimum atomic E-state index is -0.351. The van der Waals surface area contributed by atoms with E-state index in [2.05, 4.69) is 5.32 Å². The number of hydrogen-bond acceptors (Lipinski definition) is 3. The lowest BCUT2D eigenvalue weighted by Crippen LogP contribution is -2.32. The molecule has 0 saturated heterocycles. The summed E-state index contributed by atoms with van der Waals surface area (Å²) in [5, 5.41) is 3.23. The molecule has 2 amide bonds. The van der Waals surface area contributed by atoms with E-state index >= 15 is 0 Å². The van der Waals surface area contributed by atoms with Crippen molar-refractivity contribution in [1.82, 2.24) is 0 Å². The quantitative estimate of drug-likeness (QED) is 0.257. The molecule has 0 bridgehead atoms. The molecule has 0 aliphatic heterocycles. The average molecular weight is 501 g/mol. The second-order valence-corrected chi connectivity index (χ2v) is 9.83. The van der Waals surface area contributed by atoms with Gasteiger partial charge in [-0.05, 0) is 67.1 Å². The van der Waals surface area contributed by atoms with Crippen LogP contribution in [0, 0.1) is 0 Å². The van der Waals surface area contributed by atoms with Crippen molar-refractivity contribution in [2.45, 2.75) is 23.5 Å². The molecule has 0 aromatic heterocycles. The third-order valence-electron chi connectivity index (χ3n) is 5.31. The number of anilines is 3. The summed E-state index contributed by atoms with van der Waals surface area (Å²) in [6.45, 7) is 1.90. The Kier molecular flexibility index (Phi) is 8.24. The lowest BCUT2D eigenvalue weighted by molar-refractivity contribution is -0.117. The second-order valence-electron chi connectivity index (χ2n) is 7.98. The third-order valence-corrected chi connectivity index (χ3v) is 6.64. The van der Waals surface area contributed by atoms with Crippen LogP contribution in [0.1, 0.15) is 12.5 Å². The predicted molar refractivity (Wildman–Crippen MR) is 146 cm³/mol. The van der Waals surface area contributed by atoms with Gasteiger partial charge in [0.1, 0.15) is 0 Å². The van der Waals surface area contributed by atoms with E-state index in [1.54, 1.807) is 17.0 Å². The molecule has 4 aromatic rings. The first-order chi connectivity index (χ1) is 17.0. The molecule has 176 valence electrons. The van der Waals surface area contributed by atoms with Gasteiger partial charge in [0.25, 0.3) is 0 Å². The highest BCUT2D eigenvalue weighted by atomic mass is 35.5. The number of carbonyl (C=O) groups is 2. The first-order valence-electron chi connectivity index (χ1n) is 11.2. The molecule has 35 heavy (non-hydrogen) atoms. The van der Waals surface area contributed by atoms with E-state index in [1.165, 1.54) is 11.8 Å². The van der Waals surface area contributed by atoms with Crippen molar-refractivity contribution in [2.24, 2.45) is 0 Å². The van der Waals surface area contributed by atoms with Crippen molar-refractivity contribution in [3.05, 3.63) is 120 Å². The van der Waals surface area contributed by atoms with Crippen LogP contribution in [0.25, 0.3) is 0 Å². The lowest BCUT2D eigenvalue weighted by atomic mass is 10.1. The number of benzene rings is 4. The molecule has 1 N–H and O–H groups in total. The standard InChI is InChI=1S/C29H25ClN2O2S/c1-21(29(34)32(25-10-4-2-5-11-25)26-12-6-3-7-13-26)35-27-14-8-9-24(20-27)31-28(33)19-22-15-17-23(30)18-16-22/h2-18,20-21H,19H2,1H3,(H,31,33). The molecule has 1 unspecified atom stereocenters. The summed E-state index contributed by atoms with van der Waals surface area (Å²) in [5.41, 5.74) is 3.22. The molecule has 1 atom stereocenters. The zero-order valence-corrected chi connectivity index (χ0v) is 20.8. The first-order valence-corrected chi connectivity index (χ1v) is 12.5. The Hall–Kier alpha value is -3.54. The van der Waals surface area contributed by atoms with Gasteiger partial charge in [-0.15, -0.1) is 11.8 Å². The normalized spacial score (nSPS) is 11.5. The van der Waals surface area contributed by atoms with E-state index in [0.717, 1.165) is 21.8 Å². The summed E-state index contributed by atoms with van der Waals surface area (Å²) >= 11 is 7.38. The summed E-state index contributed by atoms with van der Waals surface area (Å²) < 4.78 is 0. The molecule has 0 spiro atoms. The van der Waals surface area contributed by atoms with Crippen molar-refractivity contribution in [3.63, 3.8) is 0 Å². The van der Waals surface area contributed by atoms with E-state index in [-0.39, 0.29) is 23.5 Å². The smallest absolute Gasteiger partial charge is 0.244 e. The van der Waals surface area contributed by atoms with E-state index in [4.69, 9.17) is 11.6 Å². The molecule has 4 aromatic carbocycles. The molecule has 4 rings (SSSR count). The largest absolute Gasteiger partial charge is 0.326 e. The predicted octanol–water partition coefficient (Wildman–Crippen LogP) is 7.37. The van der Waals surface area contributed by atoms with E-state index in [9.17, 15) is 9.59 Å². The van der Waals surface area contributed by atoms with Gasteiger partial charge < -0.3 is 5.32 Å². The van der Waals surface area contributed by atoms with Gasteiger partial charge in [0.2, 0.25) is 11.8 Å². The van der Waals surface area contributed by atoms with Crippen LogP contribution >= 0.6 is 23.4 Å². The Morgan fingerprint density at radius 2 is 1.43 bits per heavy atom. The summed E-state index contributed by atoms with van der Waals surface area (Å²) in [6, 6.07) is 34.1. The SMILES string of the molecule is CC(Sc1cccc(NC(=O)Cc2ccc(Cl)cc2)c1)C(=O)N(c1ccccc1)c1ccccc1. The molecule has 0 aliphatic rings. The Morgan fingerprint density at radius 3 is 2.03 bits per heavy atom. The topological polar surface area (TPSA) is 49.4 Å². The molecule has 0 aliphatic carbocycles. The summed E-state index contributed by atoms with van der Waals surface area (Å²) in [5.74, 6) is -0.137. The number of rotatable bonds is 8. The number of halogens is 1. The fraction of sp³-hybridized carbons (Fsp3) is 0.103. The van der Waals surface area contributed by atoms with Crippen molar-refractivity contribution < 1.29 is 9.59 Å². The summed E-state index contributed by atoms with van der Waals surface area (Å²) in [4.78, 5) is 28.7. The van der Waals surface area contributed by atoms with Crippen LogP contribution in [0.15, 0.2) is 114 Å². The molecule has 0 fully saturated rings. The number of para-hydroxylation sites is 2. The third kappa shape index (κ3) is 6.75. The van der Waals surface area contributed by atoms with Gasteiger partial charge in [-0.2, -0.15) is 0 Å². The van der Waals surface area contributed by atoms with Crippen molar-refractivity contribution in [3.8, 4) is 0 Å². The van der Waals surface area contributed by atoms with Crippen LogP contribution in [-0.2, 0) is 16.0 Å². The van der Waals surface area contributed by atoms with E-state index in [1.807, 2.05) is 104 Å². The van der Waals surface area contributed by atoms with Crippen LogP contribution in [0.2, 0.25) is 5.02 Å². The Labute approximate surface area is 214 Å². The molecule has 0 heterocycles. The minimum absolute atomic E-state index is 0.0235. The number of thioether (sulfide) groups is 1. The minimum Gasteiger partial charge on any atom is -0.326 e. The molecule has 4 nitrogen and oxygen atoms in total. The molecule has 6 heteroatoms. The molecular weight excluding hydrogens is 476 g/mol. The highest BCUT2D eigenvalue weighted by molar-refractivity contribution is 8.00. The van der Waals surface area contributed by atoms with Crippen molar-refractivity contribution in [1.29, 1.82) is 0 Å². The van der Waals surface area contributed by atoms with Gasteiger partial charge >= 0.3 is 0 Å². The Balaban J connectivity index is 1.45. The van der Waals surface area contributed by atoms with Crippen LogP contribution in [0.3, 0.4) is 0 Å². The maximum absolute atomic E-state index is 13.6. The maximum Gasteiger partial charge on any atom is 0.244 e. The summed E-state index contributed by atoms with van der Waals surface area (Å²) in [7, 11) is 0. The van der Waals surface area contributed by atoms with Crippen LogP contribution in [0.5, 0.6) is 0 Å². The lowest BCUT2D eigenvalue weighted by Gasteiger charge is -2.26. The highest BCUT2D eigenvalue weighted by Crippen LogP contribution is 2.32. The second kappa shape index (κ2) is 11.7. The number of amides is 2. The molecular formula is C29H25ClN2O2S. The fourth-order valence-corrected chi connectivity index (χ4v) is 4.73. The van der Waals surface area contributed by atoms with Gasteiger partial charge in [0.05, 0.1) is 11.7 Å². The number of hydrogen-bond donors (Lipinski definition) is 1. The van der Waals surface area contributed by atoms with Gasteiger partial charge in [0, 0.05) is 27.0 Å². The van der Waals surface area contributed by atoms with Gasteiger partial charge in [-0.1, -0.05) is 66.2 Å². The Morgan fingerprint density at radius 1 is 0.829 bits per heavy atom. The van der Waals surface area contributed by atoms with E-state index < -0.39 is 0 Å². The zero-order chi connectivity index (χ0) is 24.6. The van der Waals surface area contributed by atoms with Gasteiger partial charge in [-0.25, -0.2) is 0 Å². The maximum atomic E-state index is 13.6. The van der Waals surface area contributed by atoms with Crippen LogP contribution in [-0.4, -0.2) is 17.1 Å². The van der Waals surface area contributed by atoms with Crippen molar-refractivity contribution >= 4 is 52.2 Å². The van der Waals surface area contributed by atoms with Gasteiger partial charge in [-0.3, -0.25) is 14.5 Å². The molecule has 0 saturated carbocycles. The number of nitrogens with one attached hydrogen (secondary N) is 1. The van der Waals surface area contributed by atoms with E-state index in [0.29, 0.717) is 10.7 Å². The number of carbonyl (C=O) groups excluding carboxylic acids is 2. The average Bonchev–Trinajstić information content (AvgIpc) is 2.87. The highest BCUT2D eigenvalue weighted by Gasteiger charge is 2.24. The Bertz CT molecular complexity index is 1240. The van der Waals surface area contributed by atoms with Gasteiger partial charge in [0.15, 0.2) is 0 Å². The molecule has 0 radical (unpaired) electrons. The summed E-state index contributed by atoms with van der Waals surface area (Å²) in [6.07, 6.45) is 0.256.